The molecule has 1 saturated heterocycles. The van der Waals surface area contributed by atoms with E-state index in [1.807, 2.05) is 6.92 Å². The molecular formula is C20H24N4O5S2. The average Bonchev–Trinajstić information content (AvgIpc) is 3.25. The third-order valence-electron chi connectivity index (χ3n) is 4.69. The van der Waals surface area contributed by atoms with Crippen molar-refractivity contribution in [3.05, 3.63) is 53.6 Å². The van der Waals surface area contributed by atoms with Gasteiger partial charge in [0.1, 0.15) is 0 Å². The van der Waals surface area contributed by atoms with Crippen LogP contribution in [0.4, 0.5) is 5.13 Å². The summed E-state index contributed by atoms with van der Waals surface area (Å²) >= 11 is 1.25. The van der Waals surface area contributed by atoms with Gasteiger partial charge in [-0.15, -0.1) is 17.9 Å². The molecule has 1 fully saturated rings. The molecular weight excluding hydrogens is 440 g/mol. The van der Waals surface area contributed by atoms with Crippen molar-refractivity contribution in [1.29, 1.82) is 0 Å². The Balaban J connectivity index is 1.48. The topological polar surface area (TPSA) is 109 Å². The highest BCUT2D eigenvalue weighted by Crippen LogP contribution is 2.19. The lowest BCUT2D eigenvalue weighted by atomic mass is 10.2. The normalized spacial score (nSPS) is 14.8. The van der Waals surface area contributed by atoms with E-state index in [2.05, 4.69) is 16.9 Å². The second kappa shape index (κ2) is 10.0. The molecule has 31 heavy (non-hydrogen) atoms. The number of rotatable bonds is 8. The van der Waals surface area contributed by atoms with Gasteiger partial charge in [0.15, 0.2) is 17.4 Å². The van der Waals surface area contributed by atoms with E-state index in [4.69, 9.17) is 4.74 Å². The molecule has 2 aromatic rings. The Morgan fingerprint density at radius 1 is 1.23 bits per heavy atom. The molecule has 2 heterocycles. The SMILES string of the molecule is C=CCNc1nc(C(=O)OCC(=O)N2CCN(S(=O)(=O)c3ccc(C)cc3)CC2)cs1. The van der Waals surface area contributed by atoms with Gasteiger partial charge in [-0.1, -0.05) is 23.8 Å². The number of hydrogen-bond donors (Lipinski definition) is 1. The van der Waals surface area contributed by atoms with Crippen LogP contribution in [0.3, 0.4) is 0 Å². The predicted octanol–water partition coefficient (Wildman–Crippen LogP) is 1.74. The van der Waals surface area contributed by atoms with Crippen LogP contribution in [0.25, 0.3) is 0 Å². The van der Waals surface area contributed by atoms with Crippen LogP contribution < -0.4 is 5.32 Å². The minimum atomic E-state index is -3.60. The van der Waals surface area contributed by atoms with Gasteiger partial charge in [-0.2, -0.15) is 4.31 Å². The van der Waals surface area contributed by atoms with Gasteiger partial charge in [-0.25, -0.2) is 18.2 Å². The number of sulfonamides is 1. The number of benzene rings is 1. The van der Waals surface area contributed by atoms with Crippen molar-refractivity contribution in [2.24, 2.45) is 0 Å². The molecule has 1 aliphatic rings. The van der Waals surface area contributed by atoms with Crippen molar-refractivity contribution in [2.45, 2.75) is 11.8 Å². The first kappa shape index (κ1) is 22.9. The van der Waals surface area contributed by atoms with Gasteiger partial charge in [0.05, 0.1) is 4.90 Å². The minimum absolute atomic E-state index is 0.123. The number of piperazine rings is 1. The zero-order valence-corrected chi connectivity index (χ0v) is 18.7. The first-order valence-electron chi connectivity index (χ1n) is 9.63. The van der Waals surface area contributed by atoms with Crippen LogP contribution in [0.1, 0.15) is 16.1 Å². The molecule has 1 amide bonds. The van der Waals surface area contributed by atoms with Gasteiger partial charge in [0.2, 0.25) is 10.0 Å². The fourth-order valence-electron chi connectivity index (χ4n) is 2.94. The van der Waals surface area contributed by atoms with E-state index >= 15 is 0 Å². The quantitative estimate of drug-likeness (QED) is 0.468. The van der Waals surface area contributed by atoms with Crippen molar-refractivity contribution in [2.75, 3.05) is 44.6 Å². The first-order valence-corrected chi connectivity index (χ1v) is 11.9. The maximum Gasteiger partial charge on any atom is 0.358 e. The number of thiazole rings is 1. The number of aromatic nitrogens is 1. The van der Waals surface area contributed by atoms with E-state index < -0.39 is 22.6 Å². The van der Waals surface area contributed by atoms with Gasteiger partial charge in [0.25, 0.3) is 5.91 Å². The fraction of sp³-hybridized carbons (Fsp3) is 0.350. The van der Waals surface area contributed by atoms with Gasteiger partial charge in [-0.3, -0.25) is 4.79 Å². The minimum Gasteiger partial charge on any atom is -0.451 e. The number of amides is 1. The number of hydrogen-bond acceptors (Lipinski definition) is 8. The lowest BCUT2D eigenvalue weighted by Gasteiger charge is -2.33. The highest BCUT2D eigenvalue weighted by molar-refractivity contribution is 7.89. The summed E-state index contributed by atoms with van der Waals surface area (Å²) in [4.78, 5) is 30.3. The molecule has 0 aliphatic carbocycles. The standard InChI is InChI=1S/C20H24N4O5S2/c1-3-8-21-20-22-17(14-30-20)19(26)29-13-18(25)23-9-11-24(12-10-23)31(27,28)16-6-4-15(2)5-7-16/h3-7,14H,1,8-13H2,2H3,(H,21,22). The Kier molecular flexibility index (Phi) is 7.42. The Bertz CT molecular complexity index is 1040. The van der Waals surface area contributed by atoms with Crippen LogP contribution in [-0.4, -0.2) is 73.8 Å². The average molecular weight is 465 g/mol. The van der Waals surface area contributed by atoms with E-state index in [1.54, 1.807) is 35.7 Å². The number of ether oxygens (including phenoxy) is 1. The summed E-state index contributed by atoms with van der Waals surface area (Å²) in [6.07, 6.45) is 1.67. The maximum atomic E-state index is 12.8. The van der Waals surface area contributed by atoms with E-state index in [0.29, 0.717) is 11.7 Å². The molecule has 1 N–H and O–H groups in total. The zero-order valence-electron chi connectivity index (χ0n) is 17.1. The molecule has 1 aromatic carbocycles. The van der Waals surface area contributed by atoms with Gasteiger partial charge < -0.3 is 15.0 Å². The molecule has 0 spiro atoms. The third-order valence-corrected chi connectivity index (χ3v) is 7.40. The van der Waals surface area contributed by atoms with Crippen molar-refractivity contribution < 1.29 is 22.7 Å². The van der Waals surface area contributed by atoms with Gasteiger partial charge in [-0.05, 0) is 19.1 Å². The lowest BCUT2D eigenvalue weighted by Crippen LogP contribution is -2.51. The highest BCUT2D eigenvalue weighted by atomic mass is 32.2. The summed E-state index contributed by atoms with van der Waals surface area (Å²) in [5.41, 5.74) is 1.10. The molecule has 11 heteroatoms. The third kappa shape index (κ3) is 5.69. The summed E-state index contributed by atoms with van der Waals surface area (Å²) in [5.74, 6) is -1.06. The Labute approximate surface area is 185 Å². The van der Waals surface area contributed by atoms with Crippen LogP contribution in [0.15, 0.2) is 47.2 Å². The van der Waals surface area contributed by atoms with Crippen molar-refractivity contribution in [1.82, 2.24) is 14.2 Å². The Morgan fingerprint density at radius 3 is 2.55 bits per heavy atom. The smallest absolute Gasteiger partial charge is 0.358 e. The lowest BCUT2D eigenvalue weighted by molar-refractivity contribution is -0.135. The largest absolute Gasteiger partial charge is 0.451 e. The molecule has 9 nitrogen and oxygen atoms in total. The van der Waals surface area contributed by atoms with Crippen LogP contribution in [0, 0.1) is 6.92 Å². The predicted molar refractivity (Wildman–Crippen MR) is 118 cm³/mol. The molecule has 0 bridgehead atoms. The fourth-order valence-corrected chi connectivity index (χ4v) is 5.05. The molecule has 0 saturated carbocycles. The monoisotopic (exact) mass is 464 g/mol. The van der Waals surface area contributed by atoms with Crippen LogP contribution >= 0.6 is 11.3 Å². The molecule has 3 rings (SSSR count). The molecule has 1 aliphatic heterocycles. The molecule has 1 aromatic heterocycles. The second-order valence-corrected chi connectivity index (χ2v) is 9.68. The van der Waals surface area contributed by atoms with Crippen molar-refractivity contribution in [3.63, 3.8) is 0 Å². The van der Waals surface area contributed by atoms with Crippen LogP contribution in [0.5, 0.6) is 0 Å². The number of nitrogens with one attached hydrogen (secondary N) is 1. The number of carbonyl (C=O) groups is 2. The van der Waals surface area contributed by atoms with E-state index in [-0.39, 0.29) is 42.7 Å². The van der Waals surface area contributed by atoms with Gasteiger partial charge >= 0.3 is 5.97 Å². The maximum absolute atomic E-state index is 12.8. The summed E-state index contributed by atoms with van der Waals surface area (Å²) in [6, 6.07) is 6.67. The Morgan fingerprint density at radius 2 is 1.90 bits per heavy atom. The zero-order chi connectivity index (χ0) is 22.4. The van der Waals surface area contributed by atoms with Crippen molar-refractivity contribution in [3.8, 4) is 0 Å². The number of carbonyl (C=O) groups excluding carboxylic acids is 2. The van der Waals surface area contributed by atoms with E-state index in [0.717, 1.165) is 5.56 Å². The molecule has 0 radical (unpaired) electrons. The summed E-state index contributed by atoms with van der Waals surface area (Å²) < 4.78 is 31.9. The van der Waals surface area contributed by atoms with Crippen molar-refractivity contribution >= 4 is 38.4 Å². The van der Waals surface area contributed by atoms with Gasteiger partial charge in [0, 0.05) is 38.1 Å². The highest BCUT2D eigenvalue weighted by Gasteiger charge is 2.30. The number of anilines is 1. The van der Waals surface area contributed by atoms with E-state index in [1.165, 1.54) is 20.5 Å². The summed E-state index contributed by atoms with van der Waals surface area (Å²) in [7, 11) is -3.60. The summed E-state index contributed by atoms with van der Waals surface area (Å²) in [6.45, 7) is 6.40. The molecule has 166 valence electrons. The van der Waals surface area contributed by atoms with Crippen LogP contribution in [0.2, 0.25) is 0 Å². The Hall–Kier alpha value is -2.76. The van der Waals surface area contributed by atoms with Crippen LogP contribution in [-0.2, 0) is 19.6 Å². The first-order chi connectivity index (χ1) is 14.8. The number of nitrogens with zero attached hydrogens (tertiary/aromatic N) is 3. The number of aryl methyl sites for hydroxylation is 1. The second-order valence-electron chi connectivity index (χ2n) is 6.88. The van der Waals surface area contributed by atoms with E-state index in [9.17, 15) is 18.0 Å². The molecule has 0 unspecified atom stereocenters. The number of esters is 1. The summed E-state index contributed by atoms with van der Waals surface area (Å²) in [5, 5.41) is 5.08. The molecule has 0 atom stereocenters.